The number of nitrogens with zero attached hydrogens (tertiary/aromatic N) is 7. The van der Waals surface area contributed by atoms with Crippen LogP contribution < -0.4 is 5.32 Å². The molecule has 0 amide bonds. The molecule has 0 aliphatic heterocycles. The summed E-state index contributed by atoms with van der Waals surface area (Å²) >= 11 is 0. The van der Waals surface area contributed by atoms with Crippen LogP contribution in [-0.4, -0.2) is 34.7 Å². The molecule has 124 valence electrons. The Bertz CT molecular complexity index is 956. The van der Waals surface area contributed by atoms with Crippen molar-refractivity contribution in [2.24, 2.45) is 0 Å². The van der Waals surface area contributed by atoms with Gasteiger partial charge < -0.3 is 5.32 Å². The lowest BCUT2D eigenvalue weighted by Gasteiger charge is -2.08. The van der Waals surface area contributed by atoms with Crippen LogP contribution in [0.2, 0.25) is 0 Å². The smallest absolute Gasteiger partial charge is 0.175 e. The normalized spacial score (nSPS) is 10.8. The van der Waals surface area contributed by atoms with E-state index in [1.54, 1.807) is 11.0 Å². The highest BCUT2D eigenvalue weighted by molar-refractivity contribution is 5.37. The Morgan fingerprint density at radius 1 is 0.960 bits per heavy atom. The molecule has 25 heavy (non-hydrogen) atoms. The fourth-order valence-electron chi connectivity index (χ4n) is 2.44. The van der Waals surface area contributed by atoms with Crippen LogP contribution >= 0.6 is 0 Å². The van der Waals surface area contributed by atoms with Crippen molar-refractivity contribution in [1.82, 2.24) is 34.7 Å². The summed E-state index contributed by atoms with van der Waals surface area (Å²) in [4.78, 5) is 0. The molecule has 0 atom stereocenters. The van der Waals surface area contributed by atoms with Crippen molar-refractivity contribution in [3.8, 4) is 11.5 Å². The number of benzene rings is 1. The molecule has 0 saturated heterocycles. The number of para-hydroxylation sites is 1. The first-order valence-corrected chi connectivity index (χ1v) is 7.84. The SMILES string of the molecule is Cc1ccn(-c2ccc(NCc3nncn3-c3ccccc3)nn2)n1. The van der Waals surface area contributed by atoms with Crippen molar-refractivity contribution >= 4 is 5.82 Å². The van der Waals surface area contributed by atoms with E-state index in [0.717, 1.165) is 17.2 Å². The average Bonchev–Trinajstić information content (AvgIpc) is 3.30. The van der Waals surface area contributed by atoms with E-state index in [4.69, 9.17) is 0 Å². The van der Waals surface area contributed by atoms with Crippen LogP contribution in [0, 0.1) is 6.92 Å². The highest BCUT2D eigenvalue weighted by atomic mass is 15.3. The number of rotatable bonds is 5. The molecular weight excluding hydrogens is 316 g/mol. The summed E-state index contributed by atoms with van der Waals surface area (Å²) < 4.78 is 3.62. The number of anilines is 1. The molecule has 0 aliphatic rings. The molecule has 0 unspecified atom stereocenters. The van der Waals surface area contributed by atoms with Gasteiger partial charge in [-0.05, 0) is 37.3 Å². The van der Waals surface area contributed by atoms with Crippen LogP contribution in [0.3, 0.4) is 0 Å². The monoisotopic (exact) mass is 332 g/mol. The molecular formula is C17H16N8. The van der Waals surface area contributed by atoms with E-state index in [-0.39, 0.29) is 0 Å². The van der Waals surface area contributed by atoms with Crippen LogP contribution in [-0.2, 0) is 6.54 Å². The molecule has 4 aromatic rings. The highest BCUT2D eigenvalue weighted by Gasteiger charge is 2.07. The number of hydrogen-bond donors (Lipinski definition) is 1. The zero-order chi connectivity index (χ0) is 17.1. The topological polar surface area (TPSA) is 86.3 Å². The Balaban J connectivity index is 1.47. The van der Waals surface area contributed by atoms with Crippen LogP contribution in [0.1, 0.15) is 11.5 Å². The Labute approximate surface area is 144 Å². The molecule has 0 spiro atoms. The summed E-state index contributed by atoms with van der Waals surface area (Å²) in [7, 11) is 0. The molecule has 1 aromatic carbocycles. The van der Waals surface area contributed by atoms with E-state index in [1.807, 2.05) is 66.2 Å². The molecule has 0 aliphatic carbocycles. The van der Waals surface area contributed by atoms with Crippen LogP contribution in [0.15, 0.2) is 61.1 Å². The largest absolute Gasteiger partial charge is 0.361 e. The number of aromatic nitrogens is 7. The maximum atomic E-state index is 4.31. The minimum absolute atomic E-state index is 0.490. The second-order valence-corrected chi connectivity index (χ2v) is 5.48. The summed E-state index contributed by atoms with van der Waals surface area (Å²) in [5.74, 6) is 2.13. The third kappa shape index (κ3) is 3.23. The fraction of sp³-hybridized carbons (Fsp3) is 0.118. The first-order chi connectivity index (χ1) is 12.3. The molecule has 0 saturated carbocycles. The lowest BCUT2D eigenvalue weighted by atomic mass is 10.3. The van der Waals surface area contributed by atoms with Crippen LogP contribution in [0.5, 0.6) is 0 Å². The molecule has 3 aromatic heterocycles. The molecule has 1 N–H and O–H groups in total. The standard InChI is InChI=1S/C17H16N8/c1-13-9-10-25(23-13)16-8-7-15(20-22-16)18-11-17-21-19-12-24(17)14-5-3-2-4-6-14/h2-10,12H,11H2,1H3,(H,18,20). The second-order valence-electron chi connectivity index (χ2n) is 5.48. The molecule has 0 fully saturated rings. The van der Waals surface area contributed by atoms with Gasteiger partial charge in [-0.1, -0.05) is 18.2 Å². The van der Waals surface area contributed by atoms with Gasteiger partial charge in [-0.3, -0.25) is 4.57 Å². The van der Waals surface area contributed by atoms with Gasteiger partial charge in [0.25, 0.3) is 0 Å². The van der Waals surface area contributed by atoms with Crippen LogP contribution in [0.4, 0.5) is 5.82 Å². The zero-order valence-electron chi connectivity index (χ0n) is 13.6. The summed E-state index contributed by atoms with van der Waals surface area (Å²) in [5.41, 5.74) is 1.95. The molecule has 4 rings (SSSR count). The first-order valence-electron chi connectivity index (χ1n) is 7.84. The van der Waals surface area contributed by atoms with E-state index in [2.05, 4.69) is 30.8 Å². The third-order valence-corrected chi connectivity index (χ3v) is 3.69. The van der Waals surface area contributed by atoms with Gasteiger partial charge in [0.2, 0.25) is 0 Å². The molecule has 8 nitrogen and oxygen atoms in total. The molecule has 3 heterocycles. The van der Waals surface area contributed by atoms with E-state index >= 15 is 0 Å². The lowest BCUT2D eigenvalue weighted by molar-refractivity contribution is 0.801. The second kappa shape index (κ2) is 6.52. The van der Waals surface area contributed by atoms with Gasteiger partial charge in [-0.25, -0.2) is 4.68 Å². The average molecular weight is 332 g/mol. The van der Waals surface area contributed by atoms with Crippen molar-refractivity contribution in [3.05, 3.63) is 72.6 Å². The summed E-state index contributed by atoms with van der Waals surface area (Å²) in [5, 5.41) is 24.1. The summed E-state index contributed by atoms with van der Waals surface area (Å²) in [6.45, 7) is 2.42. The van der Waals surface area contributed by atoms with E-state index in [9.17, 15) is 0 Å². The summed E-state index contributed by atoms with van der Waals surface area (Å²) in [6.07, 6.45) is 3.55. The van der Waals surface area contributed by atoms with E-state index in [1.165, 1.54) is 0 Å². The first kappa shape index (κ1) is 15.0. The molecule has 8 heteroatoms. The van der Waals surface area contributed by atoms with Gasteiger partial charge in [0.1, 0.15) is 12.1 Å². The van der Waals surface area contributed by atoms with Gasteiger partial charge >= 0.3 is 0 Å². The van der Waals surface area contributed by atoms with Crippen molar-refractivity contribution in [1.29, 1.82) is 0 Å². The van der Waals surface area contributed by atoms with Gasteiger partial charge in [0, 0.05) is 11.9 Å². The predicted molar refractivity (Wildman–Crippen MR) is 92.6 cm³/mol. The lowest BCUT2D eigenvalue weighted by Crippen LogP contribution is -2.09. The quantitative estimate of drug-likeness (QED) is 0.603. The minimum atomic E-state index is 0.490. The van der Waals surface area contributed by atoms with E-state index < -0.39 is 0 Å². The number of hydrogen-bond acceptors (Lipinski definition) is 6. The molecule has 0 radical (unpaired) electrons. The maximum Gasteiger partial charge on any atom is 0.175 e. The Morgan fingerprint density at radius 3 is 2.56 bits per heavy atom. The van der Waals surface area contributed by atoms with Crippen molar-refractivity contribution < 1.29 is 0 Å². The van der Waals surface area contributed by atoms with Gasteiger partial charge in [0.05, 0.1) is 12.2 Å². The van der Waals surface area contributed by atoms with Crippen molar-refractivity contribution in [3.63, 3.8) is 0 Å². The fourth-order valence-corrected chi connectivity index (χ4v) is 2.44. The predicted octanol–water partition coefficient (Wildman–Crippen LogP) is 2.16. The maximum absolute atomic E-state index is 4.31. The molecule has 0 bridgehead atoms. The Morgan fingerprint density at radius 2 is 1.84 bits per heavy atom. The van der Waals surface area contributed by atoms with Gasteiger partial charge in [0.15, 0.2) is 11.6 Å². The summed E-state index contributed by atoms with van der Waals surface area (Å²) in [6, 6.07) is 15.6. The number of nitrogens with one attached hydrogen (secondary N) is 1. The van der Waals surface area contributed by atoms with Crippen molar-refractivity contribution in [2.75, 3.05) is 5.32 Å². The Kier molecular flexibility index (Phi) is 3.91. The van der Waals surface area contributed by atoms with E-state index in [0.29, 0.717) is 18.2 Å². The highest BCUT2D eigenvalue weighted by Crippen LogP contribution is 2.11. The number of aryl methyl sites for hydroxylation is 1. The van der Waals surface area contributed by atoms with Gasteiger partial charge in [-0.2, -0.15) is 5.10 Å². The van der Waals surface area contributed by atoms with Gasteiger partial charge in [-0.15, -0.1) is 20.4 Å². The minimum Gasteiger partial charge on any atom is -0.361 e. The van der Waals surface area contributed by atoms with Crippen molar-refractivity contribution in [2.45, 2.75) is 13.5 Å². The zero-order valence-corrected chi connectivity index (χ0v) is 13.6. The van der Waals surface area contributed by atoms with Crippen LogP contribution in [0.25, 0.3) is 11.5 Å². The Hall–Kier alpha value is -3.55. The third-order valence-electron chi connectivity index (χ3n) is 3.69.